The highest BCUT2D eigenvalue weighted by Gasteiger charge is 2.39. The van der Waals surface area contributed by atoms with Gasteiger partial charge < -0.3 is 31.1 Å². The molecule has 11 nitrogen and oxygen atoms in total. The van der Waals surface area contributed by atoms with Crippen molar-refractivity contribution in [1.29, 1.82) is 0 Å². The molecule has 2 aliphatic rings. The number of carbonyl (C=O) groups is 5. The predicted molar refractivity (Wildman–Crippen MR) is 108 cm³/mol. The summed E-state index contributed by atoms with van der Waals surface area (Å²) < 4.78 is 0. The molecule has 2 rings (SSSR count). The van der Waals surface area contributed by atoms with Crippen molar-refractivity contribution in [3.63, 3.8) is 0 Å². The monoisotopic (exact) mass is 444 g/mol. The van der Waals surface area contributed by atoms with E-state index in [-0.39, 0.29) is 24.1 Å². The highest BCUT2D eigenvalue weighted by atomic mass is 32.1. The van der Waals surface area contributed by atoms with Gasteiger partial charge in [-0.1, -0.05) is 0 Å². The van der Waals surface area contributed by atoms with Gasteiger partial charge in [-0.05, 0) is 38.6 Å². The topological polar surface area (TPSA) is 165 Å². The van der Waals surface area contributed by atoms with Crippen molar-refractivity contribution < 1.29 is 34.2 Å². The van der Waals surface area contributed by atoms with Crippen molar-refractivity contribution in [2.75, 3.05) is 18.8 Å². The zero-order chi connectivity index (χ0) is 22.3. The van der Waals surface area contributed by atoms with Crippen molar-refractivity contribution in [2.45, 2.75) is 62.7 Å². The zero-order valence-electron chi connectivity index (χ0n) is 16.5. The van der Waals surface area contributed by atoms with E-state index < -0.39 is 48.3 Å². The molecule has 0 aromatic heterocycles. The van der Waals surface area contributed by atoms with Gasteiger partial charge in [-0.25, -0.2) is 4.79 Å². The number of carboxylic acids is 2. The fraction of sp³-hybridized carbons (Fsp3) is 0.722. The molecule has 168 valence electrons. The van der Waals surface area contributed by atoms with Crippen LogP contribution >= 0.6 is 12.6 Å². The van der Waals surface area contributed by atoms with Crippen LogP contribution in [-0.2, 0) is 24.0 Å². The number of hydrogen-bond acceptors (Lipinski definition) is 7. The van der Waals surface area contributed by atoms with E-state index in [4.69, 9.17) is 10.2 Å². The number of nitrogens with one attached hydrogen (secondary N) is 3. The molecule has 4 atom stereocenters. The Kier molecular flexibility index (Phi) is 8.90. The number of likely N-dealkylation sites (tertiary alicyclic amines) is 1. The van der Waals surface area contributed by atoms with Crippen molar-refractivity contribution in [3.05, 3.63) is 0 Å². The van der Waals surface area contributed by atoms with Crippen molar-refractivity contribution in [3.8, 4) is 0 Å². The van der Waals surface area contributed by atoms with Crippen molar-refractivity contribution in [1.82, 2.24) is 20.9 Å². The standard InChI is InChI=1S/C18H28N4O7S/c23-14(24)6-5-10(15(25)21-12(9-30)18(28)29)20-16(26)13-4-2-8-22(13)17(27)11-3-1-7-19-11/h10-13,19,30H,1-9H2,(H,20,26)(H,21,25)(H,23,24)(H,28,29). The fourth-order valence-electron chi connectivity index (χ4n) is 3.66. The molecule has 2 fully saturated rings. The molecule has 0 saturated carbocycles. The van der Waals surface area contributed by atoms with Crippen LogP contribution in [0.25, 0.3) is 0 Å². The third-order valence-electron chi connectivity index (χ3n) is 5.27. The maximum absolute atomic E-state index is 12.8. The summed E-state index contributed by atoms with van der Waals surface area (Å²) in [5.74, 6) is -4.13. The molecule has 2 aliphatic heterocycles. The molecule has 0 spiro atoms. The second-order valence-corrected chi connectivity index (χ2v) is 7.78. The quantitative estimate of drug-likeness (QED) is 0.223. The summed E-state index contributed by atoms with van der Waals surface area (Å²) in [4.78, 5) is 61.6. The Balaban J connectivity index is 2.06. The van der Waals surface area contributed by atoms with E-state index in [2.05, 4.69) is 28.6 Å². The van der Waals surface area contributed by atoms with Crippen LogP contribution in [0.15, 0.2) is 0 Å². The van der Waals surface area contributed by atoms with Gasteiger partial charge >= 0.3 is 11.9 Å². The van der Waals surface area contributed by atoms with E-state index >= 15 is 0 Å². The van der Waals surface area contributed by atoms with Crippen LogP contribution in [0.4, 0.5) is 0 Å². The van der Waals surface area contributed by atoms with Gasteiger partial charge in [0.25, 0.3) is 0 Å². The molecular weight excluding hydrogens is 416 g/mol. The third-order valence-corrected chi connectivity index (χ3v) is 5.64. The molecule has 0 aromatic rings. The van der Waals surface area contributed by atoms with Gasteiger partial charge in [0, 0.05) is 18.7 Å². The Labute approximate surface area is 179 Å². The first kappa shape index (κ1) is 23.9. The molecule has 3 amide bonds. The SMILES string of the molecule is O=C(O)CCC(NC(=O)C1CCCN1C(=O)C1CCCN1)C(=O)NC(CS)C(=O)O. The molecule has 5 N–H and O–H groups in total. The minimum atomic E-state index is -1.29. The molecule has 0 bridgehead atoms. The summed E-state index contributed by atoms with van der Waals surface area (Å²) in [6, 6.07) is -3.59. The minimum Gasteiger partial charge on any atom is -0.481 e. The Morgan fingerprint density at radius 2 is 1.80 bits per heavy atom. The molecule has 30 heavy (non-hydrogen) atoms. The van der Waals surface area contributed by atoms with Gasteiger partial charge in [-0.15, -0.1) is 0 Å². The van der Waals surface area contributed by atoms with E-state index in [0.717, 1.165) is 13.0 Å². The lowest BCUT2D eigenvalue weighted by atomic mass is 10.1. The van der Waals surface area contributed by atoms with Crippen LogP contribution in [-0.4, -0.2) is 87.8 Å². The van der Waals surface area contributed by atoms with E-state index in [1.165, 1.54) is 4.90 Å². The van der Waals surface area contributed by atoms with E-state index in [1.54, 1.807) is 0 Å². The lowest BCUT2D eigenvalue weighted by Gasteiger charge is -2.28. The maximum atomic E-state index is 12.8. The molecule has 0 radical (unpaired) electrons. The van der Waals surface area contributed by atoms with Gasteiger partial charge in [-0.3, -0.25) is 19.2 Å². The minimum absolute atomic E-state index is 0.155. The third kappa shape index (κ3) is 6.33. The number of aliphatic carboxylic acids is 2. The van der Waals surface area contributed by atoms with Crippen LogP contribution in [0.2, 0.25) is 0 Å². The number of amides is 3. The van der Waals surface area contributed by atoms with Crippen molar-refractivity contribution in [2.24, 2.45) is 0 Å². The summed E-state index contributed by atoms with van der Waals surface area (Å²) >= 11 is 3.87. The van der Waals surface area contributed by atoms with Crippen LogP contribution in [0.3, 0.4) is 0 Å². The first-order valence-electron chi connectivity index (χ1n) is 9.94. The summed E-state index contributed by atoms with van der Waals surface area (Å²) in [6.45, 7) is 1.18. The van der Waals surface area contributed by atoms with Crippen LogP contribution in [0.5, 0.6) is 0 Å². The van der Waals surface area contributed by atoms with Gasteiger partial charge in [0.05, 0.1) is 6.04 Å². The molecule has 2 heterocycles. The van der Waals surface area contributed by atoms with E-state index in [0.29, 0.717) is 25.8 Å². The average molecular weight is 445 g/mol. The van der Waals surface area contributed by atoms with E-state index in [9.17, 15) is 24.0 Å². The van der Waals surface area contributed by atoms with Crippen LogP contribution < -0.4 is 16.0 Å². The smallest absolute Gasteiger partial charge is 0.327 e. The second-order valence-electron chi connectivity index (χ2n) is 7.41. The van der Waals surface area contributed by atoms with E-state index in [1.807, 2.05) is 0 Å². The van der Waals surface area contributed by atoms with Gasteiger partial charge in [0.2, 0.25) is 17.7 Å². The number of nitrogens with zero attached hydrogens (tertiary/aromatic N) is 1. The first-order chi connectivity index (χ1) is 14.2. The molecule has 0 aromatic carbocycles. The first-order valence-corrected chi connectivity index (χ1v) is 10.6. The second kappa shape index (κ2) is 11.2. The predicted octanol–water partition coefficient (Wildman–Crippen LogP) is -1.42. The van der Waals surface area contributed by atoms with Crippen LogP contribution in [0.1, 0.15) is 38.5 Å². The lowest BCUT2D eigenvalue weighted by Crippen LogP contribution is -2.56. The maximum Gasteiger partial charge on any atom is 0.327 e. The van der Waals surface area contributed by atoms with Crippen molar-refractivity contribution >= 4 is 42.3 Å². The Hall–Kier alpha value is -2.34. The Morgan fingerprint density at radius 1 is 1.07 bits per heavy atom. The lowest BCUT2D eigenvalue weighted by molar-refractivity contribution is -0.143. The highest BCUT2D eigenvalue weighted by molar-refractivity contribution is 7.80. The van der Waals surface area contributed by atoms with Gasteiger partial charge in [0.15, 0.2) is 0 Å². The zero-order valence-corrected chi connectivity index (χ0v) is 17.4. The number of hydrogen-bond donors (Lipinski definition) is 6. The Bertz CT molecular complexity index is 683. The summed E-state index contributed by atoms with van der Waals surface area (Å²) in [5, 5.41) is 25.9. The average Bonchev–Trinajstić information content (AvgIpc) is 3.39. The number of rotatable bonds is 10. The number of carboxylic acid groups (broad SMARTS) is 2. The molecule has 4 unspecified atom stereocenters. The number of carbonyl (C=O) groups excluding carboxylic acids is 3. The number of thiol groups is 1. The Morgan fingerprint density at radius 3 is 2.37 bits per heavy atom. The van der Waals surface area contributed by atoms with Gasteiger partial charge in [-0.2, -0.15) is 12.6 Å². The highest BCUT2D eigenvalue weighted by Crippen LogP contribution is 2.21. The summed E-state index contributed by atoms with van der Waals surface area (Å²) in [6.07, 6.45) is 2.06. The van der Waals surface area contributed by atoms with Gasteiger partial charge in [0.1, 0.15) is 18.1 Å². The molecule has 2 saturated heterocycles. The fourth-order valence-corrected chi connectivity index (χ4v) is 3.91. The summed E-state index contributed by atoms with van der Waals surface area (Å²) in [5.41, 5.74) is 0. The normalized spacial score (nSPS) is 22.9. The largest absolute Gasteiger partial charge is 0.481 e. The summed E-state index contributed by atoms with van der Waals surface area (Å²) in [7, 11) is 0. The molecule has 12 heteroatoms. The van der Waals surface area contributed by atoms with Crippen LogP contribution in [0, 0.1) is 0 Å². The molecular formula is C18H28N4O7S. The molecule has 0 aliphatic carbocycles.